The minimum Gasteiger partial charge on any atom is -0.479 e. The minimum atomic E-state index is -1.51. The molecule has 0 unspecified atom stereocenters. The van der Waals surface area contributed by atoms with Crippen molar-refractivity contribution in [3.8, 4) is 0 Å². The summed E-state index contributed by atoms with van der Waals surface area (Å²) >= 11 is 0. The molecular formula is C11H19NO4. The van der Waals surface area contributed by atoms with E-state index in [1.807, 2.05) is 6.92 Å². The third-order valence-corrected chi connectivity index (χ3v) is 2.85. The molecule has 2 N–H and O–H groups in total. The Morgan fingerprint density at radius 2 is 2.19 bits per heavy atom. The van der Waals surface area contributed by atoms with Gasteiger partial charge in [0.2, 0.25) is 5.54 Å². The van der Waals surface area contributed by atoms with Crippen LogP contribution in [0, 0.1) is 0 Å². The molecule has 92 valence electrons. The highest BCUT2D eigenvalue weighted by Gasteiger charge is 2.48. The summed E-state index contributed by atoms with van der Waals surface area (Å²) in [6.07, 6.45) is 3.63. The van der Waals surface area contributed by atoms with Gasteiger partial charge < -0.3 is 9.84 Å². The Kier molecular flexibility index (Phi) is 4.73. The third kappa shape index (κ3) is 2.72. The van der Waals surface area contributed by atoms with Crippen LogP contribution in [-0.2, 0) is 14.3 Å². The molecule has 0 aromatic carbocycles. The highest BCUT2D eigenvalue weighted by atomic mass is 16.5. The van der Waals surface area contributed by atoms with Crippen LogP contribution in [0.4, 0.5) is 0 Å². The largest absolute Gasteiger partial charge is 0.479 e. The summed E-state index contributed by atoms with van der Waals surface area (Å²) in [6.45, 7) is 2.83. The summed E-state index contributed by atoms with van der Waals surface area (Å²) in [5, 5.41) is 11.9. The number of nitrogens with one attached hydrogen (secondary N) is 1. The summed E-state index contributed by atoms with van der Waals surface area (Å²) in [4.78, 5) is 23.0. The van der Waals surface area contributed by atoms with E-state index in [0.717, 1.165) is 25.7 Å². The van der Waals surface area contributed by atoms with Gasteiger partial charge in [-0.2, -0.15) is 0 Å². The number of aliphatic carboxylic acids is 1. The van der Waals surface area contributed by atoms with Crippen molar-refractivity contribution in [2.24, 2.45) is 0 Å². The fraction of sp³-hybridized carbons (Fsp3) is 0.818. The summed E-state index contributed by atoms with van der Waals surface area (Å²) in [7, 11) is 0. The molecule has 0 saturated carbocycles. The van der Waals surface area contributed by atoms with Crippen LogP contribution < -0.4 is 5.32 Å². The Labute approximate surface area is 95.2 Å². The van der Waals surface area contributed by atoms with Crippen LogP contribution in [0.2, 0.25) is 0 Å². The second-order valence-electron chi connectivity index (χ2n) is 4.08. The first-order valence-corrected chi connectivity index (χ1v) is 5.79. The van der Waals surface area contributed by atoms with Gasteiger partial charge in [0.15, 0.2) is 0 Å². The molecule has 0 aromatic rings. The number of unbranched alkanes of at least 4 members (excludes halogenated alkanes) is 1. The third-order valence-electron chi connectivity index (χ3n) is 2.85. The highest BCUT2D eigenvalue weighted by Crippen LogP contribution is 2.21. The molecule has 0 spiro atoms. The van der Waals surface area contributed by atoms with Crippen LogP contribution in [0.3, 0.4) is 0 Å². The highest BCUT2D eigenvalue weighted by molar-refractivity contribution is 6.04. The Hall–Kier alpha value is -1.10. The summed E-state index contributed by atoms with van der Waals surface area (Å²) in [5.74, 6) is -1.78. The first kappa shape index (κ1) is 13.0. The smallest absolute Gasteiger partial charge is 0.338 e. The lowest BCUT2D eigenvalue weighted by Gasteiger charge is -2.31. The van der Waals surface area contributed by atoms with Gasteiger partial charge in [-0.15, -0.1) is 0 Å². The average molecular weight is 229 g/mol. The van der Waals surface area contributed by atoms with Gasteiger partial charge in [0.1, 0.15) is 0 Å². The molecule has 0 bridgehead atoms. The zero-order valence-corrected chi connectivity index (χ0v) is 9.62. The lowest BCUT2D eigenvalue weighted by Crippen LogP contribution is -2.61. The van der Waals surface area contributed by atoms with E-state index in [4.69, 9.17) is 9.84 Å². The predicted molar refractivity (Wildman–Crippen MR) is 58.1 cm³/mol. The number of hydrogen-bond acceptors (Lipinski definition) is 4. The number of carbonyl (C=O) groups is 2. The molecule has 1 fully saturated rings. The molecular weight excluding hydrogens is 210 g/mol. The fourth-order valence-electron chi connectivity index (χ4n) is 1.78. The standard InChI is InChI=1S/C11H19NO4/c1-2-3-8-16-10(15)11(9(13)14)6-4-5-7-12-11/h12H,2-8H2,1H3,(H,13,14)/t11-/m0/s1. The van der Waals surface area contributed by atoms with E-state index < -0.39 is 17.5 Å². The van der Waals surface area contributed by atoms with Gasteiger partial charge in [-0.25, -0.2) is 9.59 Å². The molecule has 1 atom stereocenters. The molecule has 1 aliphatic rings. The Bertz CT molecular complexity index is 259. The van der Waals surface area contributed by atoms with E-state index in [9.17, 15) is 9.59 Å². The molecule has 0 radical (unpaired) electrons. The van der Waals surface area contributed by atoms with Gasteiger partial charge in [-0.05, 0) is 32.2 Å². The molecule has 1 rings (SSSR count). The Morgan fingerprint density at radius 1 is 1.44 bits per heavy atom. The molecule has 1 aliphatic heterocycles. The van der Waals surface area contributed by atoms with Crippen molar-refractivity contribution in [2.75, 3.05) is 13.2 Å². The van der Waals surface area contributed by atoms with Crippen molar-refractivity contribution in [3.05, 3.63) is 0 Å². The average Bonchev–Trinajstić information content (AvgIpc) is 2.30. The van der Waals surface area contributed by atoms with Crippen molar-refractivity contribution in [3.63, 3.8) is 0 Å². The predicted octanol–water partition coefficient (Wildman–Crippen LogP) is 0.927. The summed E-state index contributed by atoms with van der Waals surface area (Å²) < 4.78 is 5.00. The maximum atomic E-state index is 11.8. The maximum absolute atomic E-state index is 11.8. The molecule has 5 heteroatoms. The minimum absolute atomic E-state index is 0.298. The van der Waals surface area contributed by atoms with E-state index in [0.29, 0.717) is 19.6 Å². The van der Waals surface area contributed by atoms with Crippen LogP contribution in [0.1, 0.15) is 39.0 Å². The maximum Gasteiger partial charge on any atom is 0.338 e. The number of carboxylic acid groups (broad SMARTS) is 1. The van der Waals surface area contributed by atoms with Crippen molar-refractivity contribution in [1.29, 1.82) is 0 Å². The van der Waals surface area contributed by atoms with Crippen molar-refractivity contribution >= 4 is 11.9 Å². The van der Waals surface area contributed by atoms with E-state index in [1.54, 1.807) is 0 Å². The van der Waals surface area contributed by atoms with Gasteiger partial charge >= 0.3 is 11.9 Å². The van der Waals surface area contributed by atoms with E-state index >= 15 is 0 Å². The molecule has 0 aromatic heterocycles. The molecule has 1 heterocycles. The van der Waals surface area contributed by atoms with Gasteiger partial charge in [0.05, 0.1) is 6.61 Å². The monoisotopic (exact) mass is 229 g/mol. The first-order chi connectivity index (χ1) is 7.63. The van der Waals surface area contributed by atoms with E-state index in [2.05, 4.69) is 5.32 Å². The number of ether oxygens (including phenoxy) is 1. The van der Waals surface area contributed by atoms with Crippen molar-refractivity contribution in [1.82, 2.24) is 5.32 Å². The van der Waals surface area contributed by atoms with Crippen LogP contribution in [-0.4, -0.2) is 35.7 Å². The second kappa shape index (κ2) is 5.84. The lowest BCUT2D eigenvalue weighted by atomic mass is 9.89. The van der Waals surface area contributed by atoms with Gasteiger partial charge in [0, 0.05) is 0 Å². The number of carboxylic acids is 1. The summed E-state index contributed by atoms with van der Waals surface area (Å²) in [6, 6.07) is 0. The SMILES string of the molecule is CCCCOC(=O)[C@@]1(C(=O)O)CCCCN1. The normalized spacial score (nSPS) is 25.1. The van der Waals surface area contributed by atoms with Crippen LogP contribution in [0.25, 0.3) is 0 Å². The molecule has 1 saturated heterocycles. The van der Waals surface area contributed by atoms with Crippen molar-refractivity contribution in [2.45, 2.75) is 44.6 Å². The van der Waals surface area contributed by atoms with Gasteiger partial charge in [-0.1, -0.05) is 13.3 Å². The number of carbonyl (C=O) groups excluding carboxylic acids is 1. The van der Waals surface area contributed by atoms with Crippen molar-refractivity contribution < 1.29 is 19.4 Å². The molecule has 5 nitrogen and oxygen atoms in total. The van der Waals surface area contributed by atoms with Crippen LogP contribution in [0.15, 0.2) is 0 Å². The number of esters is 1. The van der Waals surface area contributed by atoms with Crippen LogP contribution in [0.5, 0.6) is 0 Å². The van der Waals surface area contributed by atoms with Crippen LogP contribution >= 0.6 is 0 Å². The Balaban J connectivity index is 2.61. The molecule has 16 heavy (non-hydrogen) atoms. The van der Waals surface area contributed by atoms with Gasteiger partial charge in [-0.3, -0.25) is 5.32 Å². The fourth-order valence-corrected chi connectivity index (χ4v) is 1.78. The van der Waals surface area contributed by atoms with E-state index in [1.165, 1.54) is 0 Å². The quantitative estimate of drug-likeness (QED) is 0.416. The number of hydrogen-bond donors (Lipinski definition) is 2. The van der Waals surface area contributed by atoms with E-state index in [-0.39, 0.29) is 0 Å². The number of piperidine rings is 1. The zero-order chi connectivity index (χ0) is 12.0. The molecule has 0 amide bonds. The second-order valence-corrected chi connectivity index (χ2v) is 4.08. The topological polar surface area (TPSA) is 75.6 Å². The lowest BCUT2D eigenvalue weighted by molar-refractivity contribution is -0.164. The Morgan fingerprint density at radius 3 is 2.69 bits per heavy atom. The first-order valence-electron chi connectivity index (χ1n) is 5.79. The molecule has 0 aliphatic carbocycles. The number of rotatable bonds is 5. The van der Waals surface area contributed by atoms with Gasteiger partial charge in [0.25, 0.3) is 0 Å². The zero-order valence-electron chi connectivity index (χ0n) is 9.62. The summed E-state index contributed by atoms with van der Waals surface area (Å²) in [5.41, 5.74) is -1.51.